The van der Waals surface area contributed by atoms with Crippen molar-refractivity contribution in [1.29, 1.82) is 5.26 Å². The monoisotopic (exact) mass is 250 g/mol. The third-order valence-electron chi connectivity index (χ3n) is 2.60. The molecule has 0 saturated carbocycles. The van der Waals surface area contributed by atoms with E-state index in [4.69, 9.17) is 5.26 Å². The summed E-state index contributed by atoms with van der Waals surface area (Å²) in [6.45, 7) is 5.73. The van der Waals surface area contributed by atoms with Gasteiger partial charge in [-0.05, 0) is 41.7 Å². The number of thiophene rings is 1. The Bertz CT molecular complexity index is 392. The third-order valence-corrected chi connectivity index (χ3v) is 3.33. The van der Waals surface area contributed by atoms with Gasteiger partial charge in [0.1, 0.15) is 5.92 Å². The number of nitrogens with zero attached hydrogens (tertiary/aromatic N) is 1. The van der Waals surface area contributed by atoms with Crippen LogP contribution in [0.1, 0.15) is 26.3 Å². The number of rotatable bonds is 5. The summed E-state index contributed by atoms with van der Waals surface area (Å²) in [5.74, 6) is -0.668. The lowest BCUT2D eigenvalue weighted by atomic mass is 9.96. The first-order valence-corrected chi connectivity index (χ1v) is 6.70. The molecule has 1 N–H and O–H groups in total. The Labute approximate surface area is 106 Å². The second kappa shape index (κ2) is 6.41. The van der Waals surface area contributed by atoms with Crippen LogP contribution in [-0.4, -0.2) is 11.9 Å². The van der Waals surface area contributed by atoms with Gasteiger partial charge in [-0.15, -0.1) is 0 Å². The molecule has 17 heavy (non-hydrogen) atoms. The molecule has 0 radical (unpaired) electrons. The second-order valence-electron chi connectivity index (χ2n) is 4.60. The molecule has 0 spiro atoms. The minimum Gasteiger partial charge on any atom is -0.352 e. The van der Waals surface area contributed by atoms with Crippen molar-refractivity contribution in [3.05, 3.63) is 22.4 Å². The van der Waals surface area contributed by atoms with Gasteiger partial charge in [0.25, 0.3) is 0 Å². The van der Waals surface area contributed by atoms with E-state index < -0.39 is 5.92 Å². The summed E-state index contributed by atoms with van der Waals surface area (Å²) in [4.78, 5) is 11.8. The Balaban J connectivity index is 2.48. The van der Waals surface area contributed by atoms with Gasteiger partial charge in [0.05, 0.1) is 6.07 Å². The molecule has 92 valence electrons. The molecule has 0 aliphatic heterocycles. The Morgan fingerprint density at radius 2 is 2.24 bits per heavy atom. The lowest BCUT2D eigenvalue weighted by molar-refractivity contribution is -0.125. The average molecular weight is 250 g/mol. The Morgan fingerprint density at radius 1 is 1.53 bits per heavy atom. The molecule has 2 unspecified atom stereocenters. The summed E-state index contributed by atoms with van der Waals surface area (Å²) in [6.07, 6.45) is 0.811. The summed E-state index contributed by atoms with van der Waals surface area (Å²) >= 11 is 1.65. The molecule has 3 nitrogen and oxygen atoms in total. The van der Waals surface area contributed by atoms with Crippen LogP contribution >= 0.6 is 11.3 Å². The van der Waals surface area contributed by atoms with E-state index in [0.717, 1.165) is 6.42 Å². The highest BCUT2D eigenvalue weighted by Gasteiger charge is 2.22. The van der Waals surface area contributed by atoms with Crippen molar-refractivity contribution >= 4 is 17.2 Å². The zero-order chi connectivity index (χ0) is 12.8. The van der Waals surface area contributed by atoms with Crippen LogP contribution in [0.5, 0.6) is 0 Å². The summed E-state index contributed by atoms with van der Waals surface area (Å²) in [5.41, 5.74) is 1.22. The first-order valence-electron chi connectivity index (χ1n) is 5.75. The smallest absolute Gasteiger partial charge is 0.237 e. The molecule has 4 heteroatoms. The van der Waals surface area contributed by atoms with Crippen molar-refractivity contribution in [1.82, 2.24) is 5.32 Å². The number of nitriles is 1. The first-order chi connectivity index (χ1) is 8.04. The van der Waals surface area contributed by atoms with Crippen LogP contribution in [0.2, 0.25) is 0 Å². The zero-order valence-electron chi connectivity index (χ0n) is 10.4. The molecule has 1 aromatic heterocycles. The normalized spacial score (nSPS) is 14.1. The summed E-state index contributed by atoms with van der Waals surface area (Å²) in [7, 11) is 0. The van der Waals surface area contributed by atoms with E-state index in [1.165, 1.54) is 5.56 Å². The quantitative estimate of drug-likeness (QED) is 0.873. The maximum atomic E-state index is 11.8. The molecule has 2 atom stereocenters. The maximum absolute atomic E-state index is 11.8. The highest BCUT2D eigenvalue weighted by molar-refractivity contribution is 7.07. The van der Waals surface area contributed by atoms with Crippen molar-refractivity contribution in [2.75, 3.05) is 0 Å². The molecule has 1 rings (SSSR count). The van der Waals surface area contributed by atoms with Crippen molar-refractivity contribution in [2.24, 2.45) is 11.8 Å². The van der Waals surface area contributed by atoms with Crippen LogP contribution in [0.4, 0.5) is 0 Å². The predicted octanol–water partition coefficient (Wildman–Crippen LogP) is 2.59. The van der Waals surface area contributed by atoms with E-state index in [0.29, 0.717) is 0 Å². The number of carbonyl (C=O) groups excluding carboxylic acids is 1. The van der Waals surface area contributed by atoms with Crippen LogP contribution in [0.15, 0.2) is 16.8 Å². The maximum Gasteiger partial charge on any atom is 0.237 e. The largest absolute Gasteiger partial charge is 0.352 e. The topological polar surface area (TPSA) is 52.9 Å². The van der Waals surface area contributed by atoms with Gasteiger partial charge in [0, 0.05) is 6.04 Å². The van der Waals surface area contributed by atoms with Gasteiger partial charge in [-0.25, -0.2) is 0 Å². The standard InChI is InChI=1S/C13H18N2OS/c1-9(2)12(7-14)13(16)15-10(3)6-11-4-5-17-8-11/h4-5,8-10,12H,6H2,1-3H3,(H,15,16). The fraction of sp³-hybridized carbons (Fsp3) is 0.538. The Morgan fingerprint density at radius 3 is 2.71 bits per heavy atom. The summed E-state index contributed by atoms with van der Waals surface area (Å²) in [6, 6.07) is 4.17. The molecule has 0 fully saturated rings. The molecule has 1 amide bonds. The van der Waals surface area contributed by atoms with Gasteiger partial charge < -0.3 is 5.32 Å². The van der Waals surface area contributed by atoms with E-state index >= 15 is 0 Å². The predicted molar refractivity (Wildman–Crippen MR) is 69.6 cm³/mol. The lowest BCUT2D eigenvalue weighted by Crippen LogP contribution is -2.39. The van der Waals surface area contributed by atoms with E-state index in [-0.39, 0.29) is 17.9 Å². The first kappa shape index (κ1) is 13.7. The van der Waals surface area contributed by atoms with Gasteiger partial charge in [-0.1, -0.05) is 13.8 Å². The fourth-order valence-electron chi connectivity index (χ4n) is 1.66. The third kappa shape index (κ3) is 4.20. The highest BCUT2D eigenvalue weighted by Crippen LogP contribution is 2.12. The van der Waals surface area contributed by atoms with Crippen molar-refractivity contribution in [3.8, 4) is 6.07 Å². The van der Waals surface area contributed by atoms with E-state index in [1.54, 1.807) is 11.3 Å². The van der Waals surface area contributed by atoms with Crippen molar-refractivity contribution < 1.29 is 4.79 Å². The van der Waals surface area contributed by atoms with Crippen LogP contribution < -0.4 is 5.32 Å². The van der Waals surface area contributed by atoms with E-state index in [1.807, 2.05) is 26.2 Å². The van der Waals surface area contributed by atoms with Gasteiger partial charge in [0.2, 0.25) is 5.91 Å². The molecular formula is C13H18N2OS. The summed E-state index contributed by atoms with van der Waals surface area (Å²) < 4.78 is 0. The molecule has 0 aliphatic rings. The van der Waals surface area contributed by atoms with E-state index in [9.17, 15) is 4.79 Å². The Kier molecular flexibility index (Phi) is 5.17. The molecule has 0 bridgehead atoms. The van der Waals surface area contributed by atoms with Gasteiger partial charge in [0.15, 0.2) is 0 Å². The van der Waals surface area contributed by atoms with Crippen LogP contribution in [0.3, 0.4) is 0 Å². The second-order valence-corrected chi connectivity index (χ2v) is 5.38. The number of hydrogen-bond donors (Lipinski definition) is 1. The molecule has 0 saturated heterocycles. The number of carbonyl (C=O) groups is 1. The molecular weight excluding hydrogens is 232 g/mol. The average Bonchev–Trinajstić information content (AvgIpc) is 2.70. The number of nitrogens with one attached hydrogen (secondary N) is 1. The minimum atomic E-state index is -0.556. The molecule has 0 aliphatic carbocycles. The number of amides is 1. The molecule has 1 aromatic rings. The number of hydrogen-bond acceptors (Lipinski definition) is 3. The Hall–Kier alpha value is -1.34. The van der Waals surface area contributed by atoms with Crippen LogP contribution in [-0.2, 0) is 11.2 Å². The van der Waals surface area contributed by atoms with E-state index in [2.05, 4.69) is 22.8 Å². The van der Waals surface area contributed by atoms with Gasteiger partial charge >= 0.3 is 0 Å². The minimum absolute atomic E-state index is 0.0494. The molecule has 0 aromatic carbocycles. The SMILES string of the molecule is CC(Cc1ccsc1)NC(=O)C(C#N)C(C)C. The van der Waals surface area contributed by atoms with Gasteiger partial charge in [-0.3, -0.25) is 4.79 Å². The van der Waals surface area contributed by atoms with Crippen molar-refractivity contribution in [3.63, 3.8) is 0 Å². The lowest BCUT2D eigenvalue weighted by Gasteiger charge is -2.17. The van der Waals surface area contributed by atoms with Crippen LogP contribution in [0.25, 0.3) is 0 Å². The van der Waals surface area contributed by atoms with Crippen LogP contribution in [0, 0.1) is 23.2 Å². The fourth-order valence-corrected chi connectivity index (χ4v) is 2.34. The zero-order valence-corrected chi connectivity index (χ0v) is 11.3. The highest BCUT2D eigenvalue weighted by atomic mass is 32.1. The summed E-state index contributed by atoms with van der Waals surface area (Å²) in [5, 5.41) is 15.9. The molecule has 1 heterocycles. The van der Waals surface area contributed by atoms with Crippen molar-refractivity contribution in [2.45, 2.75) is 33.2 Å². The van der Waals surface area contributed by atoms with Gasteiger partial charge in [-0.2, -0.15) is 16.6 Å².